The summed E-state index contributed by atoms with van der Waals surface area (Å²) in [5.41, 5.74) is 1.67. The summed E-state index contributed by atoms with van der Waals surface area (Å²) in [7, 11) is 1.64. The summed E-state index contributed by atoms with van der Waals surface area (Å²) >= 11 is 1.40. The molecule has 3 heterocycles. The maximum atomic E-state index is 12.8. The average Bonchev–Trinajstić information content (AvgIpc) is 3.22. The van der Waals surface area contributed by atoms with Gasteiger partial charge in [-0.25, -0.2) is 0 Å². The third-order valence-corrected chi connectivity index (χ3v) is 6.24. The number of aromatic nitrogens is 4. The molecule has 1 atom stereocenters. The van der Waals surface area contributed by atoms with Gasteiger partial charge < -0.3 is 9.64 Å². The van der Waals surface area contributed by atoms with Crippen LogP contribution in [0.4, 0.5) is 0 Å². The summed E-state index contributed by atoms with van der Waals surface area (Å²) in [6.07, 6.45) is 6.81. The maximum Gasteiger partial charge on any atom is 0.233 e. The number of hydrogen-bond acceptors (Lipinski definition) is 6. The number of piperidine rings is 1. The van der Waals surface area contributed by atoms with Crippen LogP contribution in [0.25, 0.3) is 17.1 Å². The first-order valence-electron chi connectivity index (χ1n) is 10.1. The molecule has 0 saturated carbocycles. The van der Waals surface area contributed by atoms with E-state index in [4.69, 9.17) is 4.74 Å². The second-order valence-corrected chi connectivity index (χ2v) is 8.22. The molecule has 7 nitrogen and oxygen atoms in total. The highest BCUT2D eigenvalue weighted by molar-refractivity contribution is 7.99. The van der Waals surface area contributed by atoms with E-state index >= 15 is 0 Å². The highest BCUT2D eigenvalue weighted by atomic mass is 32.2. The van der Waals surface area contributed by atoms with Crippen LogP contribution in [0.15, 0.2) is 53.9 Å². The lowest BCUT2D eigenvalue weighted by atomic mass is 10.0. The van der Waals surface area contributed by atoms with Gasteiger partial charge in [-0.2, -0.15) is 0 Å². The normalized spacial score (nSPS) is 16.5. The zero-order valence-corrected chi connectivity index (χ0v) is 18.0. The van der Waals surface area contributed by atoms with Crippen molar-refractivity contribution < 1.29 is 9.53 Å². The third-order valence-electron chi connectivity index (χ3n) is 5.33. The topological polar surface area (TPSA) is 73.1 Å². The van der Waals surface area contributed by atoms with Gasteiger partial charge in [-0.3, -0.25) is 14.3 Å². The lowest BCUT2D eigenvalue weighted by Crippen LogP contribution is -2.42. The number of likely N-dealkylation sites (tertiary alicyclic amines) is 1. The van der Waals surface area contributed by atoms with Crippen LogP contribution in [-0.4, -0.2) is 56.0 Å². The van der Waals surface area contributed by atoms with Crippen molar-refractivity contribution in [2.45, 2.75) is 37.4 Å². The number of carbonyl (C=O) groups excluding carboxylic acids is 1. The molecule has 1 aliphatic rings. The van der Waals surface area contributed by atoms with Crippen molar-refractivity contribution in [3.05, 3.63) is 48.8 Å². The first kappa shape index (κ1) is 20.4. The zero-order valence-electron chi connectivity index (χ0n) is 17.2. The van der Waals surface area contributed by atoms with Crippen LogP contribution in [0.3, 0.4) is 0 Å². The van der Waals surface area contributed by atoms with Crippen LogP contribution in [0.1, 0.15) is 26.2 Å². The fraction of sp³-hybridized carbons (Fsp3) is 0.364. The first-order valence-corrected chi connectivity index (χ1v) is 11.1. The number of rotatable bonds is 6. The number of pyridine rings is 1. The molecule has 4 rings (SSSR count). The number of ether oxygens (including phenoxy) is 1. The Bertz CT molecular complexity index is 1010. The Kier molecular flexibility index (Phi) is 6.32. The highest BCUT2D eigenvalue weighted by Crippen LogP contribution is 2.32. The van der Waals surface area contributed by atoms with Gasteiger partial charge in [0, 0.05) is 30.5 Å². The highest BCUT2D eigenvalue weighted by Gasteiger charge is 2.25. The average molecular weight is 424 g/mol. The van der Waals surface area contributed by atoms with E-state index in [0.29, 0.717) is 28.5 Å². The Morgan fingerprint density at radius 1 is 1.20 bits per heavy atom. The second kappa shape index (κ2) is 9.30. The predicted molar refractivity (Wildman–Crippen MR) is 117 cm³/mol. The molecule has 1 amide bonds. The zero-order chi connectivity index (χ0) is 20.9. The summed E-state index contributed by atoms with van der Waals surface area (Å²) in [6, 6.07) is 11.8. The molecule has 1 aliphatic heterocycles. The largest absolute Gasteiger partial charge is 0.495 e. The molecule has 0 spiro atoms. The Labute approximate surface area is 180 Å². The van der Waals surface area contributed by atoms with Crippen molar-refractivity contribution in [2.24, 2.45) is 0 Å². The van der Waals surface area contributed by atoms with Crippen LogP contribution in [0.2, 0.25) is 0 Å². The van der Waals surface area contributed by atoms with E-state index in [0.717, 1.165) is 30.6 Å². The van der Waals surface area contributed by atoms with Gasteiger partial charge in [-0.1, -0.05) is 23.9 Å². The van der Waals surface area contributed by atoms with Crippen LogP contribution >= 0.6 is 11.8 Å². The fourth-order valence-corrected chi connectivity index (χ4v) is 4.59. The third kappa shape index (κ3) is 4.18. The minimum absolute atomic E-state index is 0.143. The Balaban J connectivity index is 1.66. The molecule has 0 unspecified atom stereocenters. The number of amides is 1. The van der Waals surface area contributed by atoms with Crippen molar-refractivity contribution in [1.29, 1.82) is 0 Å². The minimum atomic E-state index is 0.143. The number of nitrogens with zero attached hydrogens (tertiary/aromatic N) is 5. The molecule has 0 aliphatic carbocycles. The number of para-hydroxylation sites is 2. The molecule has 30 heavy (non-hydrogen) atoms. The van der Waals surface area contributed by atoms with Gasteiger partial charge in [-0.15, -0.1) is 10.2 Å². The van der Waals surface area contributed by atoms with Crippen molar-refractivity contribution in [1.82, 2.24) is 24.6 Å². The Morgan fingerprint density at radius 3 is 2.83 bits per heavy atom. The SMILES string of the molecule is COc1ccccc1-n1c(SCC(=O)N2CCCC[C@H]2C)nnc1-c1cccnc1. The lowest BCUT2D eigenvalue weighted by Gasteiger charge is -2.33. The molecule has 0 radical (unpaired) electrons. The number of thioether (sulfide) groups is 1. The molecule has 2 aromatic heterocycles. The van der Waals surface area contributed by atoms with Crippen LogP contribution in [0.5, 0.6) is 5.75 Å². The van der Waals surface area contributed by atoms with Gasteiger partial charge in [0.15, 0.2) is 11.0 Å². The Morgan fingerprint density at radius 2 is 2.07 bits per heavy atom. The molecule has 0 bridgehead atoms. The van der Waals surface area contributed by atoms with Crippen molar-refractivity contribution in [3.63, 3.8) is 0 Å². The predicted octanol–water partition coefficient (Wildman–Crippen LogP) is 3.83. The number of benzene rings is 1. The molecule has 1 fully saturated rings. The monoisotopic (exact) mass is 423 g/mol. The molecule has 0 N–H and O–H groups in total. The summed E-state index contributed by atoms with van der Waals surface area (Å²) in [6.45, 7) is 2.96. The Hall–Kier alpha value is -2.87. The van der Waals surface area contributed by atoms with E-state index in [-0.39, 0.29) is 5.91 Å². The number of carbonyl (C=O) groups is 1. The molecule has 8 heteroatoms. The summed E-state index contributed by atoms with van der Waals surface area (Å²) in [4.78, 5) is 19.0. The minimum Gasteiger partial charge on any atom is -0.495 e. The molecular formula is C22H25N5O2S. The van der Waals surface area contributed by atoms with Gasteiger partial charge in [0.25, 0.3) is 0 Å². The van der Waals surface area contributed by atoms with Crippen molar-refractivity contribution in [3.8, 4) is 22.8 Å². The van der Waals surface area contributed by atoms with Gasteiger partial charge in [0.2, 0.25) is 5.91 Å². The number of hydrogen-bond donors (Lipinski definition) is 0. The van der Waals surface area contributed by atoms with E-state index in [1.165, 1.54) is 18.2 Å². The summed E-state index contributed by atoms with van der Waals surface area (Å²) < 4.78 is 7.51. The fourth-order valence-electron chi connectivity index (χ4n) is 3.75. The quantitative estimate of drug-likeness (QED) is 0.561. The van der Waals surface area contributed by atoms with Crippen LogP contribution < -0.4 is 4.74 Å². The van der Waals surface area contributed by atoms with Gasteiger partial charge in [0.1, 0.15) is 5.75 Å². The van der Waals surface area contributed by atoms with E-state index in [1.807, 2.05) is 45.9 Å². The van der Waals surface area contributed by atoms with Crippen molar-refractivity contribution >= 4 is 17.7 Å². The van der Waals surface area contributed by atoms with Crippen LogP contribution in [-0.2, 0) is 4.79 Å². The van der Waals surface area contributed by atoms with E-state index in [2.05, 4.69) is 22.1 Å². The first-order chi connectivity index (χ1) is 14.7. The van der Waals surface area contributed by atoms with E-state index < -0.39 is 0 Å². The smallest absolute Gasteiger partial charge is 0.233 e. The van der Waals surface area contributed by atoms with E-state index in [9.17, 15) is 4.79 Å². The molecular weight excluding hydrogens is 398 g/mol. The standard InChI is InChI=1S/C22H25N5O2S/c1-16-8-5-6-13-26(16)20(28)15-30-22-25-24-21(17-9-7-12-23-14-17)27(22)18-10-3-4-11-19(18)29-2/h3-4,7,9-12,14,16H,5-6,8,13,15H2,1-2H3/t16-/m1/s1. The molecule has 1 aromatic carbocycles. The molecule has 3 aromatic rings. The van der Waals surface area contributed by atoms with E-state index in [1.54, 1.807) is 19.5 Å². The summed E-state index contributed by atoms with van der Waals surface area (Å²) in [5.74, 6) is 1.84. The second-order valence-electron chi connectivity index (χ2n) is 7.28. The summed E-state index contributed by atoms with van der Waals surface area (Å²) in [5, 5.41) is 9.47. The maximum absolute atomic E-state index is 12.8. The number of methoxy groups -OCH3 is 1. The molecule has 156 valence electrons. The van der Waals surface area contributed by atoms with Gasteiger partial charge in [0.05, 0.1) is 18.6 Å². The van der Waals surface area contributed by atoms with Crippen molar-refractivity contribution in [2.75, 3.05) is 19.4 Å². The van der Waals surface area contributed by atoms with Gasteiger partial charge in [-0.05, 0) is 50.5 Å². The molecule has 1 saturated heterocycles. The van der Waals surface area contributed by atoms with Gasteiger partial charge >= 0.3 is 0 Å². The lowest BCUT2D eigenvalue weighted by molar-refractivity contribution is -0.131. The van der Waals surface area contributed by atoms with Crippen LogP contribution in [0, 0.1) is 0 Å².